The van der Waals surface area contributed by atoms with Gasteiger partial charge in [0.1, 0.15) is 9.97 Å². The predicted octanol–water partition coefficient (Wildman–Crippen LogP) is 4.28. The molecule has 0 saturated carbocycles. The number of benzene rings is 1. The first-order valence-corrected chi connectivity index (χ1v) is 12.2. The quantitative estimate of drug-likeness (QED) is 0.569. The molecule has 158 valence electrons. The monoisotopic (exact) mass is 444 g/mol. The first-order valence-electron chi connectivity index (χ1n) is 9.89. The van der Waals surface area contributed by atoms with E-state index in [-0.39, 0.29) is 12.5 Å². The van der Waals surface area contributed by atoms with E-state index in [9.17, 15) is 13.2 Å². The zero-order valence-electron chi connectivity index (χ0n) is 16.7. The van der Waals surface area contributed by atoms with Crippen LogP contribution in [0.4, 0.5) is 5.69 Å². The molecule has 0 bridgehead atoms. The molecule has 1 fully saturated rings. The molecule has 0 N–H and O–H groups in total. The molecule has 0 spiro atoms. The van der Waals surface area contributed by atoms with Gasteiger partial charge in [-0.25, -0.2) is 8.42 Å². The molecule has 1 aliphatic heterocycles. The normalized spacial score (nSPS) is 17.7. The molecular weight excluding hydrogens is 420 g/mol. The van der Waals surface area contributed by atoms with Crippen LogP contribution in [0.5, 0.6) is 0 Å². The zero-order chi connectivity index (χ0) is 21.1. The van der Waals surface area contributed by atoms with Crippen molar-refractivity contribution in [2.24, 2.45) is 5.92 Å². The van der Waals surface area contributed by atoms with E-state index in [0.29, 0.717) is 35.9 Å². The lowest BCUT2D eigenvalue weighted by molar-refractivity contribution is -0.123. The molecule has 1 amide bonds. The van der Waals surface area contributed by atoms with Gasteiger partial charge in [-0.2, -0.15) is 4.31 Å². The maximum atomic E-state index is 13.5. The second kappa shape index (κ2) is 8.75. The van der Waals surface area contributed by atoms with Gasteiger partial charge in [0.2, 0.25) is 5.91 Å². The third-order valence-electron chi connectivity index (χ3n) is 5.33. The Balaban J connectivity index is 1.58. The summed E-state index contributed by atoms with van der Waals surface area (Å²) in [6.45, 7) is 2.94. The zero-order valence-corrected chi connectivity index (χ0v) is 18.4. The minimum atomic E-state index is -3.57. The molecule has 4 rings (SSSR count). The Morgan fingerprint density at radius 3 is 2.67 bits per heavy atom. The number of furan rings is 1. The predicted molar refractivity (Wildman–Crippen MR) is 117 cm³/mol. The van der Waals surface area contributed by atoms with E-state index < -0.39 is 15.9 Å². The second-order valence-electron chi connectivity index (χ2n) is 7.47. The number of nitrogens with zero attached hydrogens (tertiary/aromatic N) is 2. The van der Waals surface area contributed by atoms with Crippen molar-refractivity contribution in [3.63, 3.8) is 0 Å². The van der Waals surface area contributed by atoms with Crippen molar-refractivity contribution in [1.82, 2.24) is 4.31 Å². The van der Waals surface area contributed by atoms with Crippen LogP contribution in [0.15, 0.2) is 68.8 Å². The third-order valence-corrected chi connectivity index (χ3v) is 8.57. The maximum absolute atomic E-state index is 13.5. The van der Waals surface area contributed by atoms with Gasteiger partial charge in [-0.15, -0.1) is 11.3 Å². The van der Waals surface area contributed by atoms with Crippen molar-refractivity contribution >= 4 is 33.0 Å². The Labute approximate surface area is 180 Å². The highest BCUT2D eigenvalue weighted by Crippen LogP contribution is 2.29. The lowest BCUT2D eigenvalue weighted by Crippen LogP contribution is -2.46. The van der Waals surface area contributed by atoms with Crippen LogP contribution in [0.25, 0.3) is 0 Å². The molecule has 3 aromatic rings. The van der Waals surface area contributed by atoms with Crippen LogP contribution in [-0.2, 0) is 21.4 Å². The van der Waals surface area contributed by atoms with Crippen molar-refractivity contribution in [3.8, 4) is 0 Å². The number of anilines is 1. The first kappa shape index (κ1) is 20.8. The van der Waals surface area contributed by atoms with E-state index in [2.05, 4.69) is 0 Å². The van der Waals surface area contributed by atoms with Gasteiger partial charge < -0.3 is 9.32 Å². The standard InChI is InChI=1S/C22H24N2O4S2/c1-17-8-10-19(11-9-17)24(16-20-6-3-13-28-20)22(25)18-5-2-12-23(15-18)30(26,27)21-7-4-14-29-21/h3-4,6-11,13-14,18H,2,5,12,15-16H2,1H3. The van der Waals surface area contributed by atoms with Gasteiger partial charge in [-0.3, -0.25) is 4.79 Å². The lowest BCUT2D eigenvalue weighted by atomic mass is 9.97. The van der Waals surface area contributed by atoms with Crippen LogP contribution >= 0.6 is 11.3 Å². The van der Waals surface area contributed by atoms with Crippen LogP contribution in [-0.4, -0.2) is 31.7 Å². The van der Waals surface area contributed by atoms with E-state index in [1.54, 1.807) is 34.7 Å². The molecule has 1 atom stereocenters. The summed E-state index contributed by atoms with van der Waals surface area (Å²) in [5.74, 6) is 0.203. The number of hydrogen-bond donors (Lipinski definition) is 0. The van der Waals surface area contributed by atoms with E-state index in [1.165, 1.54) is 15.6 Å². The second-order valence-corrected chi connectivity index (χ2v) is 10.6. The molecule has 1 unspecified atom stereocenters. The van der Waals surface area contributed by atoms with Crippen molar-refractivity contribution in [2.75, 3.05) is 18.0 Å². The molecule has 0 aliphatic carbocycles. The van der Waals surface area contributed by atoms with Crippen molar-refractivity contribution in [2.45, 2.75) is 30.5 Å². The van der Waals surface area contributed by atoms with Crippen molar-refractivity contribution < 1.29 is 17.6 Å². The number of carbonyl (C=O) groups is 1. The summed E-state index contributed by atoms with van der Waals surface area (Å²) >= 11 is 1.20. The fourth-order valence-corrected chi connectivity index (χ4v) is 6.37. The Kier molecular flexibility index (Phi) is 6.08. The van der Waals surface area contributed by atoms with Crippen LogP contribution in [0, 0.1) is 12.8 Å². The van der Waals surface area contributed by atoms with Gasteiger partial charge in [0.25, 0.3) is 10.0 Å². The summed E-state index contributed by atoms with van der Waals surface area (Å²) in [5.41, 5.74) is 1.88. The first-order chi connectivity index (χ1) is 14.4. The van der Waals surface area contributed by atoms with Crippen LogP contribution in [0.3, 0.4) is 0 Å². The minimum absolute atomic E-state index is 0.0821. The van der Waals surface area contributed by atoms with Crippen LogP contribution in [0.1, 0.15) is 24.2 Å². The summed E-state index contributed by atoms with van der Waals surface area (Å²) in [7, 11) is -3.57. The smallest absolute Gasteiger partial charge is 0.252 e. The van der Waals surface area contributed by atoms with E-state index in [0.717, 1.165) is 11.3 Å². The fourth-order valence-electron chi connectivity index (χ4n) is 3.70. The third kappa shape index (κ3) is 4.35. The van der Waals surface area contributed by atoms with Crippen LogP contribution in [0.2, 0.25) is 0 Å². The van der Waals surface area contributed by atoms with E-state index in [4.69, 9.17) is 4.42 Å². The largest absolute Gasteiger partial charge is 0.467 e. The van der Waals surface area contributed by atoms with Gasteiger partial charge in [0.15, 0.2) is 0 Å². The molecule has 0 radical (unpaired) electrons. The van der Waals surface area contributed by atoms with Crippen molar-refractivity contribution in [1.29, 1.82) is 0 Å². The average molecular weight is 445 g/mol. The minimum Gasteiger partial charge on any atom is -0.467 e. The number of thiophene rings is 1. The van der Waals surface area contributed by atoms with E-state index >= 15 is 0 Å². The number of piperidine rings is 1. The van der Waals surface area contributed by atoms with Crippen molar-refractivity contribution in [3.05, 3.63) is 71.5 Å². The number of rotatable bonds is 6. The molecule has 1 aliphatic rings. The number of aryl methyl sites for hydroxylation is 1. The lowest BCUT2D eigenvalue weighted by Gasteiger charge is -2.34. The van der Waals surface area contributed by atoms with Gasteiger partial charge >= 0.3 is 0 Å². The summed E-state index contributed by atoms with van der Waals surface area (Å²) in [6, 6.07) is 14.7. The molecular formula is C22H24N2O4S2. The Morgan fingerprint density at radius 2 is 2.00 bits per heavy atom. The van der Waals surface area contributed by atoms with Gasteiger partial charge in [0.05, 0.1) is 18.7 Å². The molecule has 3 heterocycles. The molecule has 2 aromatic heterocycles. The highest BCUT2D eigenvalue weighted by atomic mass is 32.2. The van der Waals surface area contributed by atoms with Gasteiger partial charge in [-0.05, 0) is 55.5 Å². The average Bonchev–Trinajstić information content (AvgIpc) is 3.47. The number of amides is 1. The van der Waals surface area contributed by atoms with Gasteiger partial charge in [0, 0.05) is 18.8 Å². The fraction of sp³-hybridized carbons (Fsp3) is 0.318. The maximum Gasteiger partial charge on any atom is 0.252 e. The summed E-state index contributed by atoms with van der Waals surface area (Å²) in [5, 5.41) is 1.75. The summed E-state index contributed by atoms with van der Waals surface area (Å²) in [4.78, 5) is 15.2. The molecule has 6 nitrogen and oxygen atoms in total. The van der Waals surface area contributed by atoms with Gasteiger partial charge in [-0.1, -0.05) is 23.8 Å². The molecule has 8 heteroatoms. The molecule has 1 saturated heterocycles. The molecule has 1 aromatic carbocycles. The molecule has 30 heavy (non-hydrogen) atoms. The highest BCUT2D eigenvalue weighted by Gasteiger charge is 2.36. The number of carbonyl (C=O) groups excluding carboxylic acids is 1. The summed E-state index contributed by atoms with van der Waals surface area (Å²) in [6.07, 6.45) is 2.91. The van der Waals surface area contributed by atoms with Crippen LogP contribution < -0.4 is 4.90 Å². The Morgan fingerprint density at radius 1 is 1.20 bits per heavy atom. The number of hydrogen-bond acceptors (Lipinski definition) is 5. The topological polar surface area (TPSA) is 70.8 Å². The highest BCUT2D eigenvalue weighted by molar-refractivity contribution is 7.91. The Bertz CT molecular complexity index is 1070. The summed E-state index contributed by atoms with van der Waals surface area (Å²) < 4.78 is 33.1. The Hall–Kier alpha value is -2.42. The SMILES string of the molecule is Cc1ccc(N(Cc2ccco2)C(=O)C2CCCN(S(=O)(=O)c3cccs3)C2)cc1. The van der Waals surface area contributed by atoms with E-state index in [1.807, 2.05) is 37.3 Å². The number of sulfonamides is 1.